The lowest BCUT2D eigenvalue weighted by Crippen LogP contribution is -2.02. The van der Waals surface area contributed by atoms with E-state index in [-0.39, 0.29) is 22.6 Å². The number of hydrogen-bond acceptors (Lipinski definition) is 5. The quantitative estimate of drug-likeness (QED) is 0.244. The van der Waals surface area contributed by atoms with Crippen LogP contribution in [0.2, 0.25) is 0 Å². The molecule has 186 valence electrons. The summed E-state index contributed by atoms with van der Waals surface area (Å²) in [6.07, 6.45) is 0. The molecule has 4 aromatic carbocycles. The Labute approximate surface area is 227 Å². The lowest BCUT2D eigenvalue weighted by Gasteiger charge is -2.11. The van der Waals surface area contributed by atoms with Crippen molar-refractivity contribution in [3.8, 4) is 28.3 Å². The molecule has 6 aromatic rings. The third-order valence-corrected chi connectivity index (χ3v) is 6.65. The zero-order valence-electron chi connectivity index (χ0n) is 21.3. The van der Waals surface area contributed by atoms with Gasteiger partial charge in [-0.2, -0.15) is 0 Å². The maximum absolute atomic E-state index is 9.56. The number of oxazole rings is 2. The average molecular weight is 517 g/mol. The van der Waals surface area contributed by atoms with Crippen molar-refractivity contribution < 1.29 is 8.83 Å². The number of aryl methyl sites for hydroxylation is 2. The van der Waals surface area contributed by atoms with Crippen LogP contribution in [0.4, 0.5) is 0 Å². The molecule has 0 spiro atoms. The first-order chi connectivity index (χ1) is 19.4. The van der Waals surface area contributed by atoms with Crippen LogP contribution in [0.15, 0.2) is 69.5 Å². The van der Waals surface area contributed by atoms with Gasteiger partial charge in [-0.1, -0.05) is 59.7 Å². The predicted octanol–water partition coefficient (Wildman–Crippen LogP) is 6.53. The summed E-state index contributed by atoms with van der Waals surface area (Å²) in [5.41, 5.74) is 6.58. The van der Waals surface area contributed by atoms with Gasteiger partial charge in [-0.05, 0) is 42.5 Å². The molecule has 0 saturated heterocycles. The Morgan fingerprint density at radius 2 is 1.40 bits per heavy atom. The number of nitrogens with zero attached hydrogens (tertiary/aromatic N) is 6. The topological polar surface area (TPSA) is 88.9 Å². The van der Waals surface area contributed by atoms with Crippen LogP contribution < -0.4 is 11.1 Å². The largest absolute Gasteiger partial charge is 0.582 e. The number of benzene rings is 4. The number of fused-ring (bicyclic) bond motifs is 4. The molecular weight excluding hydrogens is 500 g/mol. The second-order valence-electron chi connectivity index (χ2n) is 9.19. The van der Waals surface area contributed by atoms with Crippen LogP contribution in [0.1, 0.15) is 11.1 Å². The third-order valence-electron chi connectivity index (χ3n) is 6.65. The van der Waals surface area contributed by atoms with E-state index >= 15 is 0 Å². The molecule has 0 amide bonds. The summed E-state index contributed by atoms with van der Waals surface area (Å²) >= 11 is 0. The van der Waals surface area contributed by atoms with Gasteiger partial charge < -0.3 is 8.83 Å². The fourth-order valence-electron chi connectivity index (χ4n) is 4.73. The van der Waals surface area contributed by atoms with Gasteiger partial charge in [0.1, 0.15) is 24.2 Å². The first-order valence-corrected chi connectivity index (χ1v) is 12.1. The molecule has 2 heterocycles. The molecule has 6 rings (SSSR count). The minimum absolute atomic E-state index is 0.0648. The Kier molecular flexibility index (Phi) is 5.59. The average Bonchev–Trinajstić information content (AvgIpc) is 3.59. The van der Waals surface area contributed by atoms with Crippen LogP contribution in [0.3, 0.4) is 0 Å². The molecule has 2 aromatic heterocycles. The Bertz CT molecular complexity index is 2280. The van der Waals surface area contributed by atoms with Crippen molar-refractivity contribution in [1.29, 1.82) is 5.26 Å². The number of rotatable bonds is 2. The molecule has 0 fully saturated rings. The highest BCUT2D eigenvalue weighted by molar-refractivity contribution is 6.20. The summed E-state index contributed by atoms with van der Waals surface area (Å²) in [5, 5.41) is 11.0. The van der Waals surface area contributed by atoms with Crippen LogP contribution >= 0.6 is 0 Å². The fourth-order valence-corrected chi connectivity index (χ4v) is 4.73. The summed E-state index contributed by atoms with van der Waals surface area (Å²) in [6, 6.07) is 21.5. The minimum Gasteiger partial charge on any atom is -0.445 e. The van der Waals surface area contributed by atoms with E-state index in [4.69, 9.17) is 28.6 Å². The van der Waals surface area contributed by atoms with Gasteiger partial charge in [-0.15, -0.1) is 9.69 Å². The van der Waals surface area contributed by atoms with Crippen molar-refractivity contribution in [1.82, 2.24) is 9.97 Å². The second-order valence-corrected chi connectivity index (χ2v) is 9.19. The normalized spacial score (nSPS) is 11.6. The molecule has 0 saturated carbocycles. The van der Waals surface area contributed by atoms with Gasteiger partial charge in [0.05, 0.1) is 12.6 Å². The Morgan fingerprint density at radius 1 is 0.775 bits per heavy atom. The summed E-state index contributed by atoms with van der Waals surface area (Å²) < 4.78 is 12.3. The minimum atomic E-state index is -0.270. The summed E-state index contributed by atoms with van der Waals surface area (Å²) in [6.45, 7) is 26.2. The fraction of sp³-hybridized carbons (Fsp3) is 0.0625. The van der Waals surface area contributed by atoms with Gasteiger partial charge in [-0.25, -0.2) is 20.1 Å². The van der Waals surface area contributed by atoms with Crippen molar-refractivity contribution in [2.45, 2.75) is 13.8 Å². The lowest BCUT2D eigenvalue weighted by molar-refractivity contribution is 0.558. The highest BCUT2D eigenvalue weighted by atomic mass is 16.3. The molecule has 0 radical (unpaired) electrons. The Balaban J connectivity index is 1.89. The van der Waals surface area contributed by atoms with E-state index in [2.05, 4.69) is 24.5 Å². The lowest BCUT2D eigenvalue weighted by atomic mass is 9.92. The molecular formula is C32H16N6O2. The van der Waals surface area contributed by atoms with Gasteiger partial charge in [0.2, 0.25) is 5.55 Å². The summed E-state index contributed by atoms with van der Waals surface area (Å²) in [5.74, 6) is -0.270. The van der Waals surface area contributed by atoms with Gasteiger partial charge >= 0.3 is 17.1 Å². The monoisotopic (exact) mass is 516 g/mol. The van der Waals surface area contributed by atoms with E-state index in [1.54, 1.807) is 0 Å². The van der Waals surface area contributed by atoms with Crippen LogP contribution in [0.25, 0.3) is 81.3 Å². The van der Waals surface area contributed by atoms with Gasteiger partial charge in [0, 0.05) is 16.5 Å². The molecule has 0 aliphatic carbocycles. The number of nitriles is 1. The van der Waals surface area contributed by atoms with Gasteiger partial charge in [0.15, 0.2) is 11.2 Å². The van der Waals surface area contributed by atoms with Crippen molar-refractivity contribution >= 4 is 44.5 Å². The molecule has 8 heteroatoms. The smallest absolute Gasteiger partial charge is 0.445 e. The van der Waals surface area contributed by atoms with Crippen LogP contribution in [0.5, 0.6) is 0 Å². The maximum atomic E-state index is 9.56. The molecule has 8 nitrogen and oxygen atoms in total. The zero-order valence-corrected chi connectivity index (χ0v) is 21.3. The van der Waals surface area contributed by atoms with Crippen molar-refractivity contribution in [2.24, 2.45) is 0 Å². The molecule has 0 bridgehead atoms. The van der Waals surface area contributed by atoms with Gasteiger partial charge in [0.25, 0.3) is 0 Å². The highest BCUT2D eigenvalue weighted by Crippen LogP contribution is 2.42. The van der Waals surface area contributed by atoms with Crippen LogP contribution in [-0.2, 0) is 0 Å². The summed E-state index contributed by atoms with van der Waals surface area (Å²) in [7, 11) is 0. The van der Waals surface area contributed by atoms with Crippen molar-refractivity contribution in [3.05, 3.63) is 117 Å². The van der Waals surface area contributed by atoms with E-state index in [1.165, 1.54) is 0 Å². The summed E-state index contributed by atoms with van der Waals surface area (Å²) in [4.78, 5) is 19.0. The van der Waals surface area contributed by atoms with Crippen molar-refractivity contribution in [3.63, 3.8) is 0 Å². The molecule has 0 aliphatic rings. The van der Waals surface area contributed by atoms with E-state index in [1.807, 2.05) is 80.6 Å². The SMILES string of the molecule is [C-]#[N+]C([N+]#[C-])=c1nc2cc3cc(-c4ccc(C)cc4)c4n/c(=C(\C#N)[N+]#[C-])oc4c3c(-c3ccc(C)cc3)c2o1. The Hall–Kier alpha value is -6.22. The van der Waals surface area contributed by atoms with Crippen LogP contribution in [0, 0.1) is 44.9 Å². The zero-order chi connectivity index (χ0) is 28.0. The van der Waals surface area contributed by atoms with Crippen molar-refractivity contribution in [2.75, 3.05) is 0 Å². The third kappa shape index (κ3) is 3.74. The molecule has 40 heavy (non-hydrogen) atoms. The maximum Gasteiger partial charge on any atom is 0.582 e. The predicted molar refractivity (Wildman–Crippen MR) is 151 cm³/mol. The highest BCUT2D eigenvalue weighted by Gasteiger charge is 2.23. The van der Waals surface area contributed by atoms with E-state index in [0.29, 0.717) is 33.1 Å². The molecule has 0 N–H and O–H groups in total. The molecule has 0 atom stereocenters. The number of hydrogen-bond donors (Lipinski definition) is 0. The van der Waals surface area contributed by atoms with E-state index in [0.717, 1.165) is 33.2 Å². The van der Waals surface area contributed by atoms with Crippen LogP contribution in [-0.4, -0.2) is 9.97 Å². The first-order valence-electron chi connectivity index (χ1n) is 12.1. The molecule has 0 aliphatic heterocycles. The van der Waals surface area contributed by atoms with E-state index < -0.39 is 0 Å². The standard InChI is InChI=1S/C32H16N6O2/c1-17-6-10-19(11-7-17)22-14-21-15-23-28(39-32(37-23)30(35-4)36-5)25(20-12-8-18(2)9-13-20)26(21)29-27(22)38-31(40-29)24(16-33)34-3/h6-15H,1-2H3/b31-24-. The molecule has 0 unspecified atom stereocenters. The Morgan fingerprint density at radius 3 is 2.00 bits per heavy atom. The number of aromatic nitrogens is 2. The first kappa shape index (κ1) is 24.1. The van der Waals surface area contributed by atoms with Gasteiger partial charge in [-0.3, -0.25) is 0 Å². The second kappa shape index (κ2) is 9.26. The van der Waals surface area contributed by atoms with E-state index in [9.17, 15) is 5.26 Å².